The molecule has 0 aliphatic carbocycles. The third-order valence-electron chi connectivity index (χ3n) is 2.74. The number of rotatable bonds is 3. The van der Waals surface area contributed by atoms with Gasteiger partial charge in [0.1, 0.15) is 6.10 Å². The van der Waals surface area contributed by atoms with Crippen molar-refractivity contribution in [1.29, 1.82) is 0 Å². The summed E-state index contributed by atoms with van der Waals surface area (Å²) in [5, 5.41) is 13.1. The minimum Gasteiger partial charge on any atom is -0.385 e. The summed E-state index contributed by atoms with van der Waals surface area (Å²) < 4.78 is 0. The van der Waals surface area contributed by atoms with Crippen LogP contribution in [0.15, 0.2) is 5.38 Å². The molecule has 0 radical (unpaired) electrons. The molecule has 0 fully saturated rings. The highest BCUT2D eigenvalue weighted by molar-refractivity contribution is 7.09. The van der Waals surface area contributed by atoms with Gasteiger partial charge in [-0.25, -0.2) is 4.98 Å². The Kier molecular flexibility index (Phi) is 3.29. The molecular formula is C10H18N2OS. The number of nitrogens with zero attached hydrogens (tertiary/aromatic N) is 2. The van der Waals surface area contributed by atoms with Crippen molar-refractivity contribution >= 4 is 11.3 Å². The highest BCUT2D eigenvalue weighted by Crippen LogP contribution is 2.29. The number of aryl methyl sites for hydroxylation is 1. The predicted molar refractivity (Wildman–Crippen MR) is 59.6 cm³/mol. The van der Waals surface area contributed by atoms with Crippen LogP contribution in [-0.2, 0) is 0 Å². The van der Waals surface area contributed by atoms with Gasteiger partial charge in [0.15, 0.2) is 0 Å². The number of aliphatic hydroxyl groups excluding tert-OH is 1. The number of hydrogen-bond acceptors (Lipinski definition) is 4. The molecule has 1 aromatic heterocycles. The zero-order valence-electron chi connectivity index (χ0n) is 9.40. The lowest BCUT2D eigenvalue weighted by atomic mass is 9.94. The van der Waals surface area contributed by atoms with Crippen LogP contribution in [0.25, 0.3) is 0 Å². The fraction of sp³-hybridized carbons (Fsp3) is 0.700. The molecular weight excluding hydrogens is 196 g/mol. The van der Waals surface area contributed by atoms with Gasteiger partial charge in [0.05, 0.1) is 10.7 Å². The van der Waals surface area contributed by atoms with E-state index >= 15 is 0 Å². The van der Waals surface area contributed by atoms with E-state index in [2.05, 4.69) is 4.98 Å². The maximum absolute atomic E-state index is 10.1. The molecule has 1 heterocycles. The van der Waals surface area contributed by atoms with Crippen LogP contribution < -0.4 is 0 Å². The first-order valence-electron chi connectivity index (χ1n) is 4.63. The molecule has 1 atom stereocenters. The molecule has 14 heavy (non-hydrogen) atoms. The Morgan fingerprint density at radius 1 is 1.50 bits per heavy atom. The third kappa shape index (κ3) is 2.13. The minimum absolute atomic E-state index is 0.291. The molecule has 0 amide bonds. The molecule has 1 aromatic rings. The lowest BCUT2D eigenvalue weighted by Gasteiger charge is -2.36. The van der Waals surface area contributed by atoms with E-state index in [0.717, 1.165) is 10.7 Å². The second kappa shape index (κ2) is 3.96. The van der Waals surface area contributed by atoms with E-state index < -0.39 is 6.10 Å². The number of aromatic nitrogens is 1. The summed E-state index contributed by atoms with van der Waals surface area (Å²) in [6, 6.07) is 0. The molecule has 1 rings (SSSR count). The van der Waals surface area contributed by atoms with Crippen molar-refractivity contribution < 1.29 is 5.11 Å². The van der Waals surface area contributed by atoms with E-state index in [1.165, 1.54) is 0 Å². The van der Waals surface area contributed by atoms with Crippen molar-refractivity contribution in [1.82, 2.24) is 9.88 Å². The first-order chi connectivity index (χ1) is 6.35. The van der Waals surface area contributed by atoms with E-state index in [0.29, 0.717) is 0 Å². The SMILES string of the molecule is Cc1nc(C(O)C(C)(C)N(C)C)cs1. The molecule has 0 bridgehead atoms. The highest BCUT2D eigenvalue weighted by Gasteiger charge is 2.32. The van der Waals surface area contributed by atoms with Gasteiger partial charge in [-0.3, -0.25) is 0 Å². The lowest BCUT2D eigenvalue weighted by Crippen LogP contribution is -2.43. The number of thiazole rings is 1. The van der Waals surface area contributed by atoms with Crippen LogP contribution in [-0.4, -0.2) is 34.6 Å². The van der Waals surface area contributed by atoms with Gasteiger partial charge in [0, 0.05) is 10.9 Å². The summed E-state index contributed by atoms with van der Waals surface area (Å²) >= 11 is 1.57. The summed E-state index contributed by atoms with van der Waals surface area (Å²) in [6.45, 7) is 5.96. The highest BCUT2D eigenvalue weighted by atomic mass is 32.1. The molecule has 1 unspecified atom stereocenters. The van der Waals surface area contributed by atoms with Crippen LogP contribution in [0.2, 0.25) is 0 Å². The van der Waals surface area contributed by atoms with Crippen LogP contribution in [0, 0.1) is 6.92 Å². The molecule has 0 aromatic carbocycles. The molecule has 0 aliphatic rings. The standard InChI is InChI=1S/C10H18N2OS/c1-7-11-8(6-14-7)9(13)10(2,3)12(4)5/h6,9,13H,1-5H3. The smallest absolute Gasteiger partial charge is 0.114 e. The van der Waals surface area contributed by atoms with Crippen LogP contribution in [0.3, 0.4) is 0 Å². The average Bonchev–Trinajstić information content (AvgIpc) is 2.50. The van der Waals surface area contributed by atoms with Crippen LogP contribution >= 0.6 is 11.3 Å². The van der Waals surface area contributed by atoms with Gasteiger partial charge in [0.2, 0.25) is 0 Å². The van der Waals surface area contributed by atoms with Gasteiger partial charge in [-0.1, -0.05) is 0 Å². The van der Waals surface area contributed by atoms with Crippen LogP contribution in [0.1, 0.15) is 30.7 Å². The maximum Gasteiger partial charge on any atom is 0.114 e. The average molecular weight is 214 g/mol. The largest absolute Gasteiger partial charge is 0.385 e. The van der Waals surface area contributed by atoms with Gasteiger partial charge in [-0.15, -0.1) is 11.3 Å². The molecule has 0 saturated heterocycles. The van der Waals surface area contributed by atoms with Crippen LogP contribution in [0.5, 0.6) is 0 Å². The molecule has 0 spiro atoms. The molecule has 3 nitrogen and oxygen atoms in total. The zero-order chi connectivity index (χ0) is 10.9. The summed E-state index contributed by atoms with van der Waals surface area (Å²) in [6.07, 6.45) is -0.539. The normalized spacial score (nSPS) is 14.8. The Hall–Kier alpha value is -0.450. The second-order valence-electron chi connectivity index (χ2n) is 4.24. The fourth-order valence-corrected chi connectivity index (χ4v) is 1.74. The Labute approximate surface area is 89.4 Å². The Bertz CT molecular complexity index is 307. The van der Waals surface area contributed by atoms with E-state index in [9.17, 15) is 5.11 Å². The van der Waals surface area contributed by atoms with E-state index in [1.54, 1.807) is 11.3 Å². The summed E-state index contributed by atoms with van der Waals surface area (Å²) in [7, 11) is 3.92. The van der Waals surface area contributed by atoms with Crippen molar-refractivity contribution in [3.8, 4) is 0 Å². The first-order valence-corrected chi connectivity index (χ1v) is 5.51. The van der Waals surface area contributed by atoms with Gasteiger partial charge >= 0.3 is 0 Å². The van der Waals surface area contributed by atoms with Gasteiger partial charge in [0.25, 0.3) is 0 Å². The molecule has 0 aliphatic heterocycles. The van der Waals surface area contributed by atoms with Crippen molar-refractivity contribution in [2.75, 3.05) is 14.1 Å². The van der Waals surface area contributed by atoms with Crippen molar-refractivity contribution in [3.05, 3.63) is 16.1 Å². The number of aliphatic hydroxyl groups is 1. The first kappa shape index (κ1) is 11.6. The predicted octanol–water partition coefficient (Wildman–Crippen LogP) is 1.83. The summed E-state index contributed by atoms with van der Waals surface area (Å²) in [5.41, 5.74) is 0.478. The number of likely N-dealkylation sites (N-methyl/N-ethyl adjacent to an activating group) is 1. The number of hydrogen-bond donors (Lipinski definition) is 1. The monoisotopic (exact) mass is 214 g/mol. The fourth-order valence-electron chi connectivity index (χ4n) is 1.11. The Morgan fingerprint density at radius 2 is 2.07 bits per heavy atom. The van der Waals surface area contributed by atoms with Crippen molar-refractivity contribution in [2.45, 2.75) is 32.4 Å². The molecule has 4 heteroatoms. The summed E-state index contributed by atoms with van der Waals surface area (Å²) in [4.78, 5) is 6.31. The van der Waals surface area contributed by atoms with Gasteiger partial charge < -0.3 is 10.0 Å². The van der Waals surface area contributed by atoms with Crippen molar-refractivity contribution in [2.24, 2.45) is 0 Å². The van der Waals surface area contributed by atoms with Gasteiger partial charge in [-0.05, 0) is 34.9 Å². The van der Waals surface area contributed by atoms with Crippen LogP contribution in [0.4, 0.5) is 0 Å². The summed E-state index contributed by atoms with van der Waals surface area (Å²) in [5.74, 6) is 0. The quantitative estimate of drug-likeness (QED) is 0.834. The minimum atomic E-state index is -0.539. The van der Waals surface area contributed by atoms with Gasteiger partial charge in [-0.2, -0.15) is 0 Å². The molecule has 1 N–H and O–H groups in total. The third-order valence-corrected chi connectivity index (χ3v) is 3.53. The maximum atomic E-state index is 10.1. The second-order valence-corrected chi connectivity index (χ2v) is 5.30. The Morgan fingerprint density at radius 3 is 2.43 bits per heavy atom. The lowest BCUT2D eigenvalue weighted by molar-refractivity contribution is 0.0140. The van der Waals surface area contributed by atoms with E-state index in [4.69, 9.17) is 0 Å². The Balaban J connectivity index is 2.89. The van der Waals surface area contributed by atoms with E-state index in [-0.39, 0.29) is 5.54 Å². The molecule has 80 valence electrons. The van der Waals surface area contributed by atoms with Crippen molar-refractivity contribution in [3.63, 3.8) is 0 Å². The molecule has 0 saturated carbocycles. The topological polar surface area (TPSA) is 36.4 Å². The zero-order valence-corrected chi connectivity index (χ0v) is 10.2. The van der Waals surface area contributed by atoms with E-state index in [1.807, 2.05) is 45.1 Å².